The third-order valence-corrected chi connectivity index (χ3v) is 6.53. The van der Waals surface area contributed by atoms with Crippen LogP contribution >= 0.6 is 11.3 Å². The normalized spacial score (nSPS) is 18.4. The van der Waals surface area contributed by atoms with Crippen molar-refractivity contribution < 1.29 is 9.72 Å². The molecule has 1 aromatic heterocycles. The van der Waals surface area contributed by atoms with Crippen molar-refractivity contribution in [1.82, 2.24) is 4.57 Å². The molecule has 0 saturated carbocycles. The van der Waals surface area contributed by atoms with Crippen molar-refractivity contribution in [3.63, 3.8) is 0 Å². The lowest BCUT2D eigenvalue weighted by molar-refractivity contribution is -0.384. The van der Waals surface area contributed by atoms with E-state index in [1.54, 1.807) is 22.8 Å². The monoisotopic (exact) mass is 431 g/mol. The highest BCUT2D eigenvalue weighted by molar-refractivity contribution is 7.07. The molecule has 0 spiro atoms. The highest BCUT2D eigenvalue weighted by Gasteiger charge is 2.34. The summed E-state index contributed by atoms with van der Waals surface area (Å²) in [7, 11) is 0. The third-order valence-electron chi connectivity index (χ3n) is 5.54. The topological polar surface area (TPSA) is 94.6 Å². The first-order chi connectivity index (χ1) is 15.0. The molecule has 0 radical (unpaired) electrons. The molecule has 0 saturated heterocycles. The van der Waals surface area contributed by atoms with E-state index in [1.807, 2.05) is 30.3 Å². The van der Waals surface area contributed by atoms with Crippen molar-refractivity contribution in [2.24, 2.45) is 4.99 Å². The second-order valence-corrected chi connectivity index (χ2v) is 8.49. The van der Waals surface area contributed by atoms with Crippen molar-refractivity contribution in [3.8, 4) is 0 Å². The minimum Gasteiger partial charge on any atom is -0.294 e. The van der Waals surface area contributed by atoms with Gasteiger partial charge in [0.15, 0.2) is 10.6 Å². The van der Waals surface area contributed by atoms with E-state index >= 15 is 0 Å². The first-order valence-corrected chi connectivity index (χ1v) is 10.7. The Morgan fingerprint density at radius 3 is 2.52 bits per heavy atom. The summed E-state index contributed by atoms with van der Waals surface area (Å²) in [5.74, 6) is 0.0449. The van der Waals surface area contributed by atoms with Crippen molar-refractivity contribution in [1.29, 1.82) is 0 Å². The van der Waals surface area contributed by atoms with Gasteiger partial charge in [0.1, 0.15) is 0 Å². The summed E-state index contributed by atoms with van der Waals surface area (Å²) in [5.41, 5.74) is 2.73. The molecule has 0 N–H and O–H groups in total. The first kappa shape index (κ1) is 19.3. The largest absolute Gasteiger partial charge is 0.294 e. The maximum Gasteiger partial charge on any atom is 0.271 e. The number of carbonyl (C=O) groups excluding carboxylic acids is 1. The van der Waals surface area contributed by atoms with E-state index in [2.05, 4.69) is 4.99 Å². The molecular formula is C23H17N3O4S. The Morgan fingerprint density at radius 2 is 1.81 bits per heavy atom. The second kappa shape index (κ2) is 7.55. The van der Waals surface area contributed by atoms with Gasteiger partial charge in [0, 0.05) is 24.1 Å². The molecule has 0 bridgehead atoms. The lowest BCUT2D eigenvalue weighted by atomic mass is 9.86. The zero-order valence-electron chi connectivity index (χ0n) is 16.4. The summed E-state index contributed by atoms with van der Waals surface area (Å²) >= 11 is 1.27. The summed E-state index contributed by atoms with van der Waals surface area (Å²) in [6, 6.07) is 15.1. The summed E-state index contributed by atoms with van der Waals surface area (Å²) in [5, 5.41) is 10.9. The standard InChI is InChI=1S/C23H17N3O4S/c27-18-8-4-7-17-20(18)21(15-5-2-1-3-6-15)25-22(28)19(31-23(25)24-17)13-14-9-11-16(12-10-14)26(29)30/h1-3,5-6,9-13,21H,4,7-8H2/t21-/m0/s1. The molecule has 2 aromatic carbocycles. The van der Waals surface area contributed by atoms with Crippen LogP contribution in [0.2, 0.25) is 0 Å². The second-order valence-electron chi connectivity index (χ2n) is 7.48. The number of hydrogen-bond donors (Lipinski definition) is 0. The number of non-ortho nitro benzene ring substituents is 1. The highest BCUT2D eigenvalue weighted by Crippen LogP contribution is 2.35. The van der Waals surface area contributed by atoms with Crippen LogP contribution in [0.1, 0.15) is 36.4 Å². The zero-order chi connectivity index (χ0) is 21.5. The average Bonchev–Trinajstić information content (AvgIpc) is 3.08. The van der Waals surface area contributed by atoms with Crippen molar-refractivity contribution in [2.75, 3.05) is 0 Å². The number of ketones is 1. The number of rotatable bonds is 3. The molecule has 0 amide bonds. The van der Waals surface area contributed by atoms with Crippen LogP contribution < -0.4 is 14.9 Å². The number of fused-ring (bicyclic) bond motifs is 1. The van der Waals surface area contributed by atoms with Gasteiger partial charge in [-0.2, -0.15) is 0 Å². The van der Waals surface area contributed by atoms with Crippen LogP contribution in [0.15, 0.2) is 75.7 Å². The fraction of sp³-hybridized carbons (Fsp3) is 0.174. The van der Waals surface area contributed by atoms with Gasteiger partial charge in [0.2, 0.25) is 0 Å². The Kier molecular flexibility index (Phi) is 4.71. The summed E-state index contributed by atoms with van der Waals surface area (Å²) in [6.07, 6.45) is 3.66. The Morgan fingerprint density at radius 1 is 1.06 bits per heavy atom. The SMILES string of the molecule is O=C1CCCC2=C1[C@H](c1ccccc1)n1c(sc(=Cc3ccc([N+](=O)[O-])cc3)c1=O)=N2. The van der Waals surface area contributed by atoms with Crippen molar-refractivity contribution in [3.05, 3.63) is 107 Å². The van der Waals surface area contributed by atoms with E-state index in [9.17, 15) is 19.7 Å². The van der Waals surface area contributed by atoms with Crippen LogP contribution in [-0.2, 0) is 4.79 Å². The smallest absolute Gasteiger partial charge is 0.271 e. The molecular weight excluding hydrogens is 414 g/mol. The number of allylic oxidation sites excluding steroid dienone is 2. The molecule has 3 aromatic rings. The van der Waals surface area contributed by atoms with Crippen molar-refractivity contribution in [2.45, 2.75) is 25.3 Å². The molecule has 1 aliphatic heterocycles. The molecule has 1 atom stereocenters. The number of Topliss-reactive ketones (excluding diaryl/α,β-unsaturated/α-hetero) is 1. The van der Waals surface area contributed by atoms with E-state index < -0.39 is 11.0 Å². The molecule has 154 valence electrons. The molecule has 0 unspecified atom stereocenters. The number of aromatic nitrogens is 1. The van der Waals surface area contributed by atoms with E-state index in [4.69, 9.17) is 0 Å². The van der Waals surface area contributed by atoms with Gasteiger partial charge in [-0.1, -0.05) is 41.7 Å². The fourth-order valence-electron chi connectivity index (χ4n) is 4.10. The predicted octanol–water partition coefficient (Wildman–Crippen LogP) is 2.88. The lowest BCUT2D eigenvalue weighted by Gasteiger charge is -2.28. The Bertz CT molecular complexity index is 1420. The van der Waals surface area contributed by atoms with E-state index in [-0.39, 0.29) is 17.0 Å². The zero-order valence-corrected chi connectivity index (χ0v) is 17.2. The molecule has 7 nitrogen and oxygen atoms in total. The van der Waals surface area contributed by atoms with Gasteiger partial charge in [0.05, 0.1) is 21.2 Å². The molecule has 8 heteroatoms. The number of hydrogen-bond acceptors (Lipinski definition) is 6. The Labute approximate surface area is 180 Å². The number of nitrogens with zero attached hydrogens (tertiary/aromatic N) is 3. The molecule has 1 aliphatic carbocycles. The van der Waals surface area contributed by atoms with E-state index in [0.717, 1.165) is 24.1 Å². The Hall–Kier alpha value is -3.65. The Balaban J connectivity index is 1.70. The van der Waals surface area contributed by atoms with Gasteiger partial charge in [-0.05, 0) is 42.2 Å². The number of nitro benzene ring substituents is 1. The van der Waals surface area contributed by atoms with Crippen LogP contribution in [0, 0.1) is 10.1 Å². The first-order valence-electron chi connectivity index (χ1n) is 9.90. The van der Waals surface area contributed by atoms with Gasteiger partial charge in [-0.3, -0.25) is 24.3 Å². The van der Waals surface area contributed by atoms with Crippen LogP contribution in [0.5, 0.6) is 0 Å². The highest BCUT2D eigenvalue weighted by atomic mass is 32.1. The minimum absolute atomic E-state index is 0.00567. The summed E-state index contributed by atoms with van der Waals surface area (Å²) < 4.78 is 2.08. The van der Waals surface area contributed by atoms with Gasteiger partial charge in [0.25, 0.3) is 11.2 Å². The molecule has 5 rings (SSSR count). The predicted molar refractivity (Wildman–Crippen MR) is 116 cm³/mol. The van der Waals surface area contributed by atoms with Crippen LogP contribution in [0.4, 0.5) is 5.69 Å². The lowest BCUT2D eigenvalue weighted by Crippen LogP contribution is -2.40. The molecule has 31 heavy (non-hydrogen) atoms. The van der Waals surface area contributed by atoms with Gasteiger partial charge < -0.3 is 0 Å². The minimum atomic E-state index is -0.487. The van der Waals surface area contributed by atoms with Crippen molar-refractivity contribution >= 4 is 28.9 Å². The number of nitro groups is 1. The number of benzene rings is 2. The maximum absolute atomic E-state index is 13.4. The van der Waals surface area contributed by atoms with Gasteiger partial charge >= 0.3 is 0 Å². The number of thiazole rings is 1. The van der Waals surface area contributed by atoms with Gasteiger partial charge in [-0.15, -0.1) is 0 Å². The molecule has 2 aliphatic rings. The maximum atomic E-state index is 13.4. The fourth-order valence-corrected chi connectivity index (χ4v) is 5.12. The number of carbonyl (C=O) groups is 1. The van der Waals surface area contributed by atoms with E-state index in [1.165, 1.54) is 23.5 Å². The third kappa shape index (κ3) is 3.34. The molecule has 0 fully saturated rings. The van der Waals surface area contributed by atoms with E-state index in [0.29, 0.717) is 26.9 Å². The quantitative estimate of drug-likeness (QED) is 0.471. The summed E-state index contributed by atoms with van der Waals surface area (Å²) in [6.45, 7) is 0. The van der Waals surface area contributed by atoms with Gasteiger partial charge in [-0.25, -0.2) is 4.99 Å². The molecule has 2 heterocycles. The van der Waals surface area contributed by atoms with Crippen LogP contribution in [-0.4, -0.2) is 15.3 Å². The summed E-state index contributed by atoms with van der Waals surface area (Å²) in [4.78, 5) is 41.9. The average molecular weight is 431 g/mol. The van der Waals surface area contributed by atoms with Crippen LogP contribution in [0.25, 0.3) is 6.08 Å². The van der Waals surface area contributed by atoms with Crippen LogP contribution in [0.3, 0.4) is 0 Å².